The molecule has 0 aliphatic carbocycles. The molecule has 1 fully saturated rings. The van der Waals surface area contributed by atoms with Crippen LogP contribution in [0.25, 0.3) is 0 Å². The summed E-state index contributed by atoms with van der Waals surface area (Å²) in [5, 5.41) is 0.683. The fourth-order valence-corrected chi connectivity index (χ4v) is 2.72. The third-order valence-electron chi connectivity index (χ3n) is 2.03. The maximum atomic E-state index is 11.5. The van der Waals surface area contributed by atoms with E-state index in [1.807, 2.05) is 0 Å². The molecule has 0 aromatic carbocycles. The minimum Gasteiger partial charge on any atom is -0.375 e. The highest BCUT2D eigenvalue weighted by atomic mass is 79.9. The molecule has 0 N–H and O–H groups in total. The van der Waals surface area contributed by atoms with Gasteiger partial charge in [-0.25, -0.2) is 8.42 Å². The number of halogens is 1. The van der Waals surface area contributed by atoms with Crippen molar-refractivity contribution in [3.8, 4) is 0 Å². The number of morpholine rings is 1. The third kappa shape index (κ3) is 2.90. The van der Waals surface area contributed by atoms with Gasteiger partial charge in [0, 0.05) is 18.4 Å². The molecule has 0 spiro atoms. The van der Waals surface area contributed by atoms with Crippen molar-refractivity contribution in [2.24, 2.45) is 0 Å². The zero-order valence-electron chi connectivity index (χ0n) is 7.57. The molecule has 1 unspecified atom stereocenters. The molecule has 0 radical (unpaired) electrons. The van der Waals surface area contributed by atoms with Crippen molar-refractivity contribution in [2.75, 3.05) is 30.8 Å². The van der Waals surface area contributed by atoms with E-state index in [0.717, 1.165) is 0 Å². The second kappa shape index (κ2) is 4.72. The average molecular weight is 272 g/mol. The van der Waals surface area contributed by atoms with Crippen molar-refractivity contribution >= 4 is 26.0 Å². The smallest absolute Gasteiger partial charge is 0.213 e. The summed E-state index contributed by atoms with van der Waals surface area (Å²) in [7, 11) is -3.03. The molecule has 1 heterocycles. The summed E-state index contributed by atoms with van der Waals surface area (Å²) < 4.78 is 29.8. The van der Waals surface area contributed by atoms with Gasteiger partial charge in [0.25, 0.3) is 0 Å². The molecule has 6 heteroatoms. The Morgan fingerprint density at radius 3 is 2.85 bits per heavy atom. The van der Waals surface area contributed by atoms with Gasteiger partial charge in [-0.15, -0.1) is 0 Å². The summed E-state index contributed by atoms with van der Waals surface area (Å²) >= 11 is 3.28. The van der Waals surface area contributed by atoms with E-state index in [0.29, 0.717) is 25.0 Å². The van der Waals surface area contributed by atoms with E-state index >= 15 is 0 Å². The topological polar surface area (TPSA) is 46.6 Å². The molecule has 1 rings (SSSR count). The number of hydrogen-bond donors (Lipinski definition) is 0. The lowest BCUT2D eigenvalue weighted by Gasteiger charge is -2.30. The molecular weight excluding hydrogens is 258 g/mol. The predicted molar refractivity (Wildman–Crippen MR) is 54.6 cm³/mol. The molecule has 0 amide bonds. The quantitative estimate of drug-likeness (QED) is 0.700. The fraction of sp³-hybridized carbons (Fsp3) is 1.00. The maximum Gasteiger partial charge on any atom is 0.213 e. The molecule has 0 saturated carbocycles. The molecule has 0 aromatic heterocycles. The Labute approximate surface area is 87.4 Å². The number of nitrogens with zero attached hydrogens (tertiary/aromatic N) is 1. The largest absolute Gasteiger partial charge is 0.375 e. The molecule has 0 aromatic rings. The first-order valence-corrected chi connectivity index (χ1v) is 6.98. The summed E-state index contributed by atoms with van der Waals surface area (Å²) in [6.45, 7) is 3.12. The monoisotopic (exact) mass is 271 g/mol. The Hall–Kier alpha value is 0.350. The highest BCUT2D eigenvalue weighted by Gasteiger charge is 2.27. The summed E-state index contributed by atoms with van der Waals surface area (Å²) in [6, 6.07) is 0. The minimum absolute atomic E-state index is 0.00456. The summed E-state index contributed by atoms with van der Waals surface area (Å²) in [5.41, 5.74) is 0. The van der Waals surface area contributed by atoms with Crippen molar-refractivity contribution in [2.45, 2.75) is 13.0 Å². The normalized spacial score (nSPS) is 26.2. The second-order valence-corrected chi connectivity index (χ2v) is 5.81. The Balaban J connectivity index is 2.61. The molecule has 1 atom stereocenters. The van der Waals surface area contributed by atoms with Gasteiger partial charge in [0.1, 0.15) is 0 Å². The van der Waals surface area contributed by atoms with Crippen LogP contribution in [0.3, 0.4) is 0 Å². The zero-order chi connectivity index (χ0) is 9.90. The third-order valence-corrected chi connectivity index (χ3v) is 4.60. The number of ether oxygens (including phenoxy) is 1. The highest BCUT2D eigenvalue weighted by Crippen LogP contribution is 2.11. The van der Waals surface area contributed by atoms with Gasteiger partial charge >= 0.3 is 0 Å². The van der Waals surface area contributed by atoms with Crippen LogP contribution in [-0.2, 0) is 14.8 Å². The number of alkyl halides is 1. The fourth-order valence-electron chi connectivity index (χ4n) is 1.22. The highest BCUT2D eigenvalue weighted by molar-refractivity contribution is 9.09. The van der Waals surface area contributed by atoms with E-state index < -0.39 is 10.0 Å². The van der Waals surface area contributed by atoms with Crippen LogP contribution in [0.4, 0.5) is 0 Å². The molecule has 1 aliphatic rings. The number of rotatable bonds is 3. The molecule has 0 bridgehead atoms. The van der Waals surface area contributed by atoms with Crippen molar-refractivity contribution in [1.29, 1.82) is 0 Å². The summed E-state index contributed by atoms with van der Waals surface area (Å²) in [4.78, 5) is 0. The molecule has 4 nitrogen and oxygen atoms in total. The summed E-state index contributed by atoms with van der Waals surface area (Å²) in [5.74, 6) is 0.169. The number of sulfonamides is 1. The first-order valence-electron chi connectivity index (χ1n) is 4.25. The Morgan fingerprint density at radius 2 is 2.31 bits per heavy atom. The van der Waals surface area contributed by atoms with Crippen molar-refractivity contribution in [1.82, 2.24) is 4.31 Å². The SMILES string of the molecule is CCS(=O)(=O)N1CCOC(CBr)C1. The first-order chi connectivity index (χ1) is 6.10. The average Bonchev–Trinajstić information content (AvgIpc) is 2.18. The van der Waals surface area contributed by atoms with Crippen LogP contribution in [0, 0.1) is 0 Å². The van der Waals surface area contributed by atoms with E-state index in [1.165, 1.54) is 4.31 Å². The van der Waals surface area contributed by atoms with Crippen molar-refractivity contribution < 1.29 is 13.2 Å². The Kier molecular flexibility index (Phi) is 4.15. The van der Waals surface area contributed by atoms with Gasteiger partial charge in [-0.05, 0) is 6.92 Å². The van der Waals surface area contributed by atoms with Crippen LogP contribution >= 0.6 is 15.9 Å². The van der Waals surface area contributed by atoms with Gasteiger partial charge in [0.2, 0.25) is 10.0 Å². The van der Waals surface area contributed by atoms with E-state index in [4.69, 9.17) is 4.74 Å². The van der Waals surface area contributed by atoms with Crippen LogP contribution in [0.2, 0.25) is 0 Å². The molecular formula is C7H14BrNO3S. The van der Waals surface area contributed by atoms with E-state index in [9.17, 15) is 8.42 Å². The lowest BCUT2D eigenvalue weighted by atomic mass is 10.3. The minimum atomic E-state index is -3.03. The molecule has 1 aliphatic heterocycles. The van der Waals surface area contributed by atoms with Crippen LogP contribution in [0.1, 0.15) is 6.92 Å². The van der Waals surface area contributed by atoms with Gasteiger partial charge in [0.15, 0.2) is 0 Å². The van der Waals surface area contributed by atoms with Crippen LogP contribution < -0.4 is 0 Å². The molecule has 1 saturated heterocycles. The van der Waals surface area contributed by atoms with Gasteiger partial charge in [-0.1, -0.05) is 15.9 Å². The van der Waals surface area contributed by atoms with Gasteiger partial charge in [-0.3, -0.25) is 0 Å². The van der Waals surface area contributed by atoms with Gasteiger partial charge < -0.3 is 4.74 Å². The molecule has 78 valence electrons. The predicted octanol–water partition coefficient (Wildman–Crippen LogP) is 0.432. The van der Waals surface area contributed by atoms with Gasteiger partial charge in [0.05, 0.1) is 18.5 Å². The van der Waals surface area contributed by atoms with Crippen LogP contribution in [-0.4, -0.2) is 49.6 Å². The van der Waals surface area contributed by atoms with Crippen molar-refractivity contribution in [3.05, 3.63) is 0 Å². The van der Waals surface area contributed by atoms with Crippen LogP contribution in [0.5, 0.6) is 0 Å². The molecule has 13 heavy (non-hydrogen) atoms. The van der Waals surface area contributed by atoms with E-state index in [2.05, 4.69) is 15.9 Å². The first kappa shape index (κ1) is 11.4. The summed E-state index contributed by atoms with van der Waals surface area (Å²) in [6.07, 6.45) is -0.00456. The van der Waals surface area contributed by atoms with Crippen LogP contribution in [0.15, 0.2) is 0 Å². The second-order valence-electron chi connectivity index (χ2n) is 2.91. The Bertz CT molecular complexity index is 254. The zero-order valence-corrected chi connectivity index (χ0v) is 9.97. The van der Waals surface area contributed by atoms with Gasteiger partial charge in [-0.2, -0.15) is 4.31 Å². The lowest BCUT2D eigenvalue weighted by Crippen LogP contribution is -2.46. The van der Waals surface area contributed by atoms with E-state index in [-0.39, 0.29) is 11.9 Å². The van der Waals surface area contributed by atoms with Crippen molar-refractivity contribution in [3.63, 3.8) is 0 Å². The Morgan fingerprint density at radius 1 is 1.62 bits per heavy atom. The lowest BCUT2D eigenvalue weighted by molar-refractivity contribution is 0.0137. The standard InChI is InChI=1S/C7H14BrNO3S/c1-2-13(10,11)9-3-4-12-7(5-8)6-9/h7H,2-6H2,1H3. The van der Waals surface area contributed by atoms with E-state index in [1.54, 1.807) is 6.92 Å². The number of hydrogen-bond acceptors (Lipinski definition) is 3. The maximum absolute atomic E-state index is 11.5.